The molecule has 0 aromatic heterocycles. The van der Waals surface area contributed by atoms with E-state index in [1.807, 2.05) is 6.07 Å². The smallest absolute Gasteiger partial charge is 0.319 e. The number of carbonyl (C=O) groups excluding carboxylic acids is 3. The number of benzene rings is 1. The summed E-state index contributed by atoms with van der Waals surface area (Å²) in [7, 11) is 3.45. The molecule has 1 heterocycles. The Kier molecular flexibility index (Phi) is 7.44. The zero-order valence-electron chi connectivity index (χ0n) is 15.1. The van der Waals surface area contributed by atoms with Crippen LogP contribution in [0.3, 0.4) is 0 Å². The van der Waals surface area contributed by atoms with Crippen molar-refractivity contribution in [2.45, 2.75) is 12.8 Å². The number of piperidine rings is 1. The molecule has 2 rings (SSSR count). The minimum Gasteiger partial charge on any atom is -0.354 e. The van der Waals surface area contributed by atoms with Crippen LogP contribution in [0.1, 0.15) is 23.2 Å². The van der Waals surface area contributed by atoms with Crippen molar-refractivity contribution in [3.63, 3.8) is 0 Å². The van der Waals surface area contributed by atoms with Crippen LogP contribution in [0.25, 0.3) is 0 Å². The molecule has 1 saturated heterocycles. The largest absolute Gasteiger partial charge is 0.354 e. The molecule has 1 aromatic carbocycles. The fraction of sp³-hybridized carbons (Fsp3) is 0.500. The number of hydrogen-bond acceptors (Lipinski definition) is 3. The van der Waals surface area contributed by atoms with E-state index in [-0.39, 0.29) is 23.8 Å². The second-order valence-electron chi connectivity index (χ2n) is 6.50. The van der Waals surface area contributed by atoms with Crippen LogP contribution in [0.2, 0.25) is 0 Å². The molecule has 0 saturated carbocycles. The lowest BCUT2D eigenvalue weighted by Crippen LogP contribution is -2.47. The van der Waals surface area contributed by atoms with Gasteiger partial charge in [-0.25, -0.2) is 4.79 Å². The molecule has 1 fully saturated rings. The molecule has 1 aromatic rings. The molecule has 142 valence electrons. The Hall–Kier alpha value is -2.09. The average Bonchev–Trinajstić information content (AvgIpc) is 2.64. The fourth-order valence-electron chi connectivity index (χ4n) is 2.85. The Bertz CT molecular complexity index is 658. The lowest BCUT2D eigenvalue weighted by Gasteiger charge is -2.33. The van der Waals surface area contributed by atoms with Crippen molar-refractivity contribution < 1.29 is 14.4 Å². The normalized spacial score (nSPS) is 14.7. The maximum Gasteiger partial charge on any atom is 0.319 e. The van der Waals surface area contributed by atoms with Crippen LogP contribution >= 0.6 is 15.9 Å². The van der Waals surface area contributed by atoms with Crippen LogP contribution in [0.15, 0.2) is 28.7 Å². The SMILES string of the molecule is CN(C)C(=O)N1CCC(C(=O)NCCNC(=O)c2cccc(Br)c2)CC1. The summed E-state index contributed by atoms with van der Waals surface area (Å²) < 4.78 is 0.845. The van der Waals surface area contributed by atoms with Crippen LogP contribution < -0.4 is 10.6 Å². The number of rotatable bonds is 5. The summed E-state index contributed by atoms with van der Waals surface area (Å²) >= 11 is 3.33. The molecule has 0 aliphatic carbocycles. The molecular weight excluding hydrogens is 400 g/mol. The predicted octanol–water partition coefficient (Wildman–Crippen LogP) is 1.69. The number of amides is 4. The Morgan fingerprint density at radius 2 is 1.81 bits per heavy atom. The first-order valence-corrected chi connectivity index (χ1v) is 9.45. The number of nitrogens with zero attached hydrogens (tertiary/aromatic N) is 2. The second-order valence-corrected chi connectivity index (χ2v) is 7.41. The molecule has 0 radical (unpaired) electrons. The highest BCUT2D eigenvalue weighted by molar-refractivity contribution is 9.10. The van der Waals surface area contributed by atoms with Gasteiger partial charge < -0.3 is 20.4 Å². The molecule has 2 N–H and O–H groups in total. The molecular formula is C18H25BrN4O3. The second kappa shape index (κ2) is 9.56. The van der Waals surface area contributed by atoms with Gasteiger partial charge in [-0.15, -0.1) is 0 Å². The van der Waals surface area contributed by atoms with E-state index >= 15 is 0 Å². The van der Waals surface area contributed by atoms with Crippen molar-refractivity contribution in [3.05, 3.63) is 34.3 Å². The van der Waals surface area contributed by atoms with Gasteiger partial charge in [0.05, 0.1) is 0 Å². The van der Waals surface area contributed by atoms with Gasteiger partial charge in [-0.05, 0) is 31.0 Å². The van der Waals surface area contributed by atoms with Crippen LogP contribution in [0.5, 0.6) is 0 Å². The van der Waals surface area contributed by atoms with Gasteiger partial charge in [-0.2, -0.15) is 0 Å². The van der Waals surface area contributed by atoms with Gasteiger partial charge in [-0.3, -0.25) is 9.59 Å². The highest BCUT2D eigenvalue weighted by Crippen LogP contribution is 2.18. The molecule has 0 atom stereocenters. The van der Waals surface area contributed by atoms with E-state index < -0.39 is 0 Å². The maximum atomic E-state index is 12.2. The molecule has 8 heteroatoms. The van der Waals surface area contributed by atoms with Gasteiger partial charge >= 0.3 is 6.03 Å². The summed E-state index contributed by atoms with van der Waals surface area (Å²) in [5.74, 6) is -0.267. The van der Waals surface area contributed by atoms with Gasteiger partial charge in [0.15, 0.2) is 0 Å². The highest BCUT2D eigenvalue weighted by Gasteiger charge is 2.27. The van der Waals surface area contributed by atoms with Gasteiger partial charge in [-0.1, -0.05) is 22.0 Å². The van der Waals surface area contributed by atoms with Crippen LogP contribution in [-0.2, 0) is 4.79 Å². The van der Waals surface area contributed by atoms with E-state index in [4.69, 9.17) is 0 Å². The van der Waals surface area contributed by atoms with Crippen LogP contribution in [-0.4, -0.2) is 67.9 Å². The average molecular weight is 425 g/mol. The Morgan fingerprint density at radius 1 is 1.15 bits per heavy atom. The molecule has 26 heavy (non-hydrogen) atoms. The standard InChI is InChI=1S/C18H25BrN4O3/c1-22(2)18(26)23-10-6-13(7-11-23)16(24)20-8-9-21-17(25)14-4-3-5-15(19)12-14/h3-5,12-13H,6-11H2,1-2H3,(H,20,24)(H,21,25). The Labute approximate surface area is 162 Å². The fourth-order valence-corrected chi connectivity index (χ4v) is 3.25. The first kappa shape index (κ1) is 20.2. The van der Waals surface area contributed by atoms with E-state index in [0.717, 1.165) is 4.47 Å². The van der Waals surface area contributed by atoms with E-state index in [2.05, 4.69) is 26.6 Å². The molecule has 1 aliphatic rings. The van der Waals surface area contributed by atoms with E-state index in [9.17, 15) is 14.4 Å². The third kappa shape index (κ3) is 5.72. The summed E-state index contributed by atoms with van der Waals surface area (Å²) in [6.45, 7) is 1.94. The quantitative estimate of drug-likeness (QED) is 0.705. The monoisotopic (exact) mass is 424 g/mol. The molecule has 1 aliphatic heterocycles. The number of halogens is 1. The number of nitrogens with one attached hydrogen (secondary N) is 2. The number of carbonyl (C=O) groups is 3. The van der Waals surface area contributed by atoms with Crippen molar-refractivity contribution >= 4 is 33.8 Å². The van der Waals surface area contributed by atoms with Gasteiger partial charge in [0.25, 0.3) is 5.91 Å². The van der Waals surface area contributed by atoms with E-state index in [1.54, 1.807) is 42.1 Å². The first-order valence-electron chi connectivity index (χ1n) is 8.66. The van der Waals surface area contributed by atoms with Crippen molar-refractivity contribution in [1.82, 2.24) is 20.4 Å². The van der Waals surface area contributed by atoms with Gasteiger partial charge in [0.2, 0.25) is 5.91 Å². The van der Waals surface area contributed by atoms with Crippen LogP contribution in [0.4, 0.5) is 4.79 Å². The zero-order valence-corrected chi connectivity index (χ0v) is 16.7. The molecule has 0 spiro atoms. The summed E-state index contributed by atoms with van der Waals surface area (Å²) in [4.78, 5) is 39.4. The maximum absolute atomic E-state index is 12.2. The zero-order chi connectivity index (χ0) is 19.1. The summed E-state index contributed by atoms with van der Waals surface area (Å²) in [5.41, 5.74) is 0.573. The van der Waals surface area contributed by atoms with Crippen molar-refractivity contribution in [2.24, 2.45) is 5.92 Å². The van der Waals surface area contributed by atoms with Gasteiger partial charge in [0, 0.05) is 56.2 Å². The van der Waals surface area contributed by atoms with Gasteiger partial charge in [0.1, 0.15) is 0 Å². The third-order valence-electron chi connectivity index (χ3n) is 4.32. The molecule has 4 amide bonds. The van der Waals surface area contributed by atoms with Crippen LogP contribution in [0, 0.1) is 5.92 Å². The Balaban J connectivity index is 1.66. The van der Waals surface area contributed by atoms with Crippen molar-refractivity contribution in [1.29, 1.82) is 0 Å². The molecule has 0 bridgehead atoms. The first-order chi connectivity index (χ1) is 12.4. The predicted molar refractivity (Wildman–Crippen MR) is 103 cm³/mol. The van der Waals surface area contributed by atoms with E-state index in [0.29, 0.717) is 44.6 Å². The summed E-state index contributed by atoms with van der Waals surface area (Å²) in [6, 6.07) is 7.12. The molecule has 7 nitrogen and oxygen atoms in total. The Morgan fingerprint density at radius 3 is 2.42 bits per heavy atom. The molecule has 0 unspecified atom stereocenters. The van der Waals surface area contributed by atoms with Crippen molar-refractivity contribution in [3.8, 4) is 0 Å². The third-order valence-corrected chi connectivity index (χ3v) is 4.81. The number of hydrogen-bond donors (Lipinski definition) is 2. The lowest BCUT2D eigenvalue weighted by molar-refractivity contribution is -0.126. The van der Waals surface area contributed by atoms with E-state index in [1.165, 1.54) is 0 Å². The van der Waals surface area contributed by atoms with Crippen molar-refractivity contribution in [2.75, 3.05) is 40.3 Å². The summed E-state index contributed by atoms with van der Waals surface area (Å²) in [5, 5.41) is 5.65. The lowest BCUT2D eigenvalue weighted by atomic mass is 9.96. The summed E-state index contributed by atoms with van der Waals surface area (Å²) in [6.07, 6.45) is 1.33. The number of urea groups is 1. The highest BCUT2D eigenvalue weighted by atomic mass is 79.9. The topological polar surface area (TPSA) is 81.8 Å². The minimum absolute atomic E-state index is 0.0147. The minimum atomic E-state index is -0.170. The number of likely N-dealkylation sites (tertiary alicyclic amines) is 1.